The van der Waals surface area contributed by atoms with Gasteiger partial charge in [-0.1, -0.05) is 80.6 Å². The van der Waals surface area contributed by atoms with Crippen LogP contribution in [0, 0.1) is 29.6 Å². The van der Waals surface area contributed by atoms with Crippen LogP contribution >= 0.6 is 0 Å². The molecule has 0 bridgehead atoms. The summed E-state index contributed by atoms with van der Waals surface area (Å²) in [5.41, 5.74) is 0. The topological polar surface area (TPSA) is 0 Å². The van der Waals surface area contributed by atoms with Gasteiger partial charge in [-0.25, -0.2) is 0 Å². The quantitative estimate of drug-likeness (QED) is 0.381. The summed E-state index contributed by atoms with van der Waals surface area (Å²) in [4.78, 5) is 0. The number of rotatable bonds is 11. The van der Waals surface area contributed by atoms with Crippen LogP contribution in [0.5, 0.6) is 0 Å². The second kappa shape index (κ2) is 10.7. The molecule has 0 aromatic rings. The largest absolute Gasteiger partial charge is 0.0651 e. The van der Waals surface area contributed by atoms with Gasteiger partial charge in [0, 0.05) is 0 Å². The van der Waals surface area contributed by atoms with E-state index in [1.807, 2.05) is 0 Å². The van der Waals surface area contributed by atoms with Crippen LogP contribution in [0.15, 0.2) is 0 Å². The van der Waals surface area contributed by atoms with Crippen LogP contribution in [0.4, 0.5) is 0 Å². The van der Waals surface area contributed by atoms with Crippen molar-refractivity contribution in [1.82, 2.24) is 0 Å². The Morgan fingerprint density at radius 1 is 0.632 bits per heavy atom. The standard InChI is InChI=1S/C19H40/c1-8-18(9-2)13-16(6)14-19(10-3)12-11-17(7)15(4)5/h15-19H,8-14H2,1-7H3. The molecule has 19 heavy (non-hydrogen) atoms. The highest BCUT2D eigenvalue weighted by atomic mass is 14.2. The van der Waals surface area contributed by atoms with Crippen molar-refractivity contribution in [2.45, 2.75) is 93.4 Å². The first-order valence-electron chi connectivity index (χ1n) is 8.94. The summed E-state index contributed by atoms with van der Waals surface area (Å²) < 4.78 is 0. The molecule has 3 unspecified atom stereocenters. The summed E-state index contributed by atoms with van der Waals surface area (Å²) in [7, 11) is 0. The van der Waals surface area contributed by atoms with Crippen molar-refractivity contribution in [3.63, 3.8) is 0 Å². The zero-order valence-electron chi connectivity index (χ0n) is 14.8. The zero-order chi connectivity index (χ0) is 14.8. The van der Waals surface area contributed by atoms with E-state index < -0.39 is 0 Å². The van der Waals surface area contributed by atoms with E-state index in [1.165, 1.54) is 44.9 Å². The average molecular weight is 269 g/mol. The maximum absolute atomic E-state index is 2.48. The lowest BCUT2D eigenvalue weighted by molar-refractivity contribution is 0.272. The minimum atomic E-state index is 0.847. The first-order chi connectivity index (χ1) is 8.94. The summed E-state index contributed by atoms with van der Waals surface area (Å²) in [5.74, 6) is 4.58. The maximum Gasteiger partial charge on any atom is -0.0414 e. The van der Waals surface area contributed by atoms with Gasteiger partial charge >= 0.3 is 0 Å². The minimum absolute atomic E-state index is 0.847. The third kappa shape index (κ3) is 8.71. The van der Waals surface area contributed by atoms with Crippen molar-refractivity contribution in [3.05, 3.63) is 0 Å². The lowest BCUT2D eigenvalue weighted by Gasteiger charge is -2.24. The molecule has 3 atom stereocenters. The lowest BCUT2D eigenvalue weighted by atomic mass is 9.81. The molecule has 0 saturated heterocycles. The predicted octanol–water partition coefficient (Wildman–Crippen LogP) is 6.94. The van der Waals surface area contributed by atoms with E-state index in [0.717, 1.165) is 29.6 Å². The summed E-state index contributed by atoms with van der Waals surface area (Å²) >= 11 is 0. The molecule has 0 aromatic carbocycles. The van der Waals surface area contributed by atoms with E-state index in [1.54, 1.807) is 0 Å². The highest BCUT2D eigenvalue weighted by Crippen LogP contribution is 2.29. The number of hydrogen-bond acceptors (Lipinski definition) is 0. The van der Waals surface area contributed by atoms with Crippen molar-refractivity contribution >= 4 is 0 Å². The summed E-state index contributed by atoms with van der Waals surface area (Å²) in [5, 5.41) is 0. The Labute approximate surface area is 123 Å². The second-order valence-electron chi connectivity index (χ2n) is 7.33. The van der Waals surface area contributed by atoms with Gasteiger partial charge in [0.15, 0.2) is 0 Å². The maximum atomic E-state index is 2.48. The fourth-order valence-corrected chi connectivity index (χ4v) is 3.18. The Hall–Kier alpha value is 0. The van der Waals surface area contributed by atoms with E-state index in [0.29, 0.717) is 0 Å². The molecule has 0 heteroatoms. The molecule has 0 aliphatic heterocycles. The molecular formula is C19H40. The van der Waals surface area contributed by atoms with Crippen molar-refractivity contribution < 1.29 is 0 Å². The average Bonchev–Trinajstić information content (AvgIpc) is 2.39. The first kappa shape index (κ1) is 19.0. The van der Waals surface area contributed by atoms with Crippen LogP contribution in [-0.2, 0) is 0 Å². The fourth-order valence-electron chi connectivity index (χ4n) is 3.18. The zero-order valence-corrected chi connectivity index (χ0v) is 14.8. The van der Waals surface area contributed by atoms with Gasteiger partial charge in [-0.2, -0.15) is 0 Å². The highest BCUT2D eigenvalue weighted by Gasteiger charge is 2.16. The van der Waals surface area contributed by atoms with E-state index in [4.69, 9.17) is 0 Å². The molecule has 0 heterocycles. The van der Waals surface area contributed by atoms with E-state index in [9.17, 15) is 0 Å². The predicted molar refractivity (Wildman–Crippen MR) is 89.5 cm³/mol. The second-order valence-corrected chi connectivity index (χ2v) is 7.33. The van der Waals surface area contributed by atoms with E-state index in [-0.39, 0.29) is 0 Å². The van der Waals surface area contributed by atoms with Crippen LogP contribution < -0.4 is 0 Å². The smallest absolute Gasteiger partial charge is 0.0414 e. The van der Waals surface area contributed by atoms with E-state index in [2.05, 4.69) is 48.5 Å². The molecule has 0 rings (SSSR count). The molecule has 0 spiro atoms. The van der Waals surface area contributed by atoms with Gasteiger partial charge in [0.2, 0.25) is 0 Å². The van der Waals surface area contributed by atoms with Gasteiger partial charge in [-0.3, -0.25) is 0 Å². The third-order valence-corrected chi connectivity index (χ3v) is 5.37. The molecule has 0 N–H and O–H groups in total. The Bertz CT molecular complexity index is 190. The normalized spacial score (nSPS) is 16.9. The molecular weight excluding hydrogens is 228 g/mol. The molecule has 0 aromatic heterocycles. The van der Waals surface area contributed by atoms with Gasteiger partial charge in [0.25, 0.3) is 0 Å². The lowest BCUT2D eigenvalue weighted by Crippen LogP contribution is -2.12. The van der Waals surface area contributed by atoms with Gasteiger partial charge in [0.05, 0.1) is 0 Å². The molecule has 0 radical (unpaired) electrons. The van der Waals surface area contributed by atoms with Crippen molar-refractivity contribution in [1.29, 1.82) is 0 Å². The molecule has 0 fully saturated rings. The third-order valence-electron chi connectivity index (χ3n) is 5.37. The Morgan fingerprint density at radius 2 is 1.11 bits per heavy atom. The van der Waals surface area contributed by atoms with Gasteiger partial charge in [0.1, 0.15) is 0 Å². The van der Waals surface area contributed by atoms with Crippen LogP contribution in [-0.4, -0.2) is 0 Å². The SMILES string of the molecule is CCC(CC)CC(C)CC(CC)CCC(C)C(C)C. The van der Waals surface area contributed by atoms with Crippen LogP contribution in [0.2, 0.25) is 0 Å². The van der Waals surface area contributed by atoms with Crippen LogP contribution in [0.3, 0.4) is 0 Å². The van der Waals surface area contributed by atoms with Crippen molar-refractivity contribution in [2.75, 3.05) is 0 Å². The van der Waals surface area contributed by atoms with Gasteiger partial charge < -0.3 is 0 Å². The Kier molecular flexibility index (Phi) is 10.7. The van der Waals surface area contributed by atoms with Gasteiger partial charge in [-0.15, -0.1) is 0 Å². The molecule has 0 aliphatic carbocycles. The highest BCUT2D eigenvalue weighted by molar-refractivity contribution is 4.68. The van der Waals surface area contributed by atoms with Crippen LogP contribution in [0.1, 0.15) is 93.4 Å². The Balaban J connectivity index is 4.03. The molecule has 116 valence electrons. The molecule has 0 amide bonds. The van der Waals surface area contributed by atoms with Crippen LogP contribution in [0.25, 0.3) is 0 Å². The molecule has 0 aliphatic rings. The number of hydrogen-bond donors (Lipinski definition) is 0. The Morgan fingerprint density at radius 3 is 1.53 bits per heavy atom. The summed E-state index contributed by atoms with van der Waals surface area (Å²) in [6, 6.07) is 0. The molecule has 0 saturated carbocycles. The van der Waals surface area contributed by atoms with Crippen molar-refractivity contribution in [3.8, 4) is 0 Å². The summed E-state index contributed by atoms with van der Waals surface area (Å²) in [6.45, 7) is 16.7. The first-order valence-corrected chi connectivity index (χ1v) is 8.94. The minimum Gasteiger partial charge on any atom is -0.0651 e. The fraction of sp³-hybridized carbons (Fsp3) is 1.00. The van der Waals surface area contributed by atoms with E-state index >= 15 is 0 Å². The van der Waals surface area contributed by atoms with Crippen molar-refractivity contribution in [2.24, 2.45) is 29.6 Å². The van der Waals surface area contributed by atoms with Gasteiger partial charge in [-0.05, 0) is 42.4 Å². The summed E-state index contributed by atoms with van der Waals surface area (Å²) in [6.07, 6.45) is 9.88. The molecule has 0 nitrogen and oxygen atoms in total. The monoisotopic (exact) mass is 268 g/mol.